The van der Waals surface area contributed by atoms with Gasteiger partial charge in [-0.05, 0) is 55.4 Å². The van der Waals surface area contributed by atoms with Crippen molar-refractivity contribution in [3.05, 3.63) is 59.6 Å². The van der Waals surface area contributed by atoms with E-state index in [4.69, 9.17) is 0 Å². The first-order valence-corrected chi connectivity index (χ1v) is 16.5. The van der Waals surface area contributed by atoms with Crippen LogP contribution in [0.5, 0.6) is 0 Å². The summed E-state index contributed by atoms with van der Waals surface area (Å²) in [6.45, 7) is 1.58. The number of carbonyl (C=O) groups excluding carboxylic acids is 1. The lowest BCUT2D eigenvalue weighted by Crippen LogP contribution is -2.60. The number of thiophene rings is 1. The highest BCUT2D eigenvalue weighted by Crippen LogP contribution is 2.42. The number of pyridine rings is 1. The molecule has 3 fully saturated rings. The summed E-state index contributed by atoms with van der Waals surface area (Å²) in [5.74, 6) is -0.669. The Labute approximate surface area is 244 Å². The van der Waals surface area contributed by atoms with E-state index in [1.807, 2.05) is 30.3 Å². The monoisotopic (exact) mass is 594 g/mol. The van der Waals surface area contributed by atoms with E-state index >= 15 is 0 Å². The number of aromatic carboxylic acids is 1. The summed E-state index contributed by atoms with van der Waals surface area (Å²) >= 11 is 1.14. The summed E-state index contributed by atoms with van der Waals surface area (Å²) in [6.07, 6.45) is 8.42. The van der Waals surface area contributed by atoms with E-state index in [2.05, 4.69) is 9.88 Å². The average Bonchev–Trinajstić information content (AvgIpc) is 3.69. The van der Waals surface area contributed by atoms with Crippen LogP contribution in [0, 0.1) is 5.92 Å². The highest BCUT2D eigenvalue weighted by Gasteiger charge is 2.44. The first-order chi connectivity index (χ1) is 19.8. The van der Waals surface area contributed by atoms with Crippen molar-refractivity contribution in [2.45, 2.75) is 55.9 Å². The molecule has 1 saturated carbocycles. The highest BCUT2D eigenvalue weighted by molar-refractivity contribution is 7.89. The quantitative estimate of drug-likeness (QED) is 0.405. The Morgan fingerprint density at radius 3 is 2.37 bits per heavy atom. The third-order valence-electron chi connectivity index (χ3n) is 8.51. The Morgan fingerprint density at radius 2 is 1.71 bits per heavy atom. The molecule has 4 heterocycles. The van der Waals surface area contributed by atoms with Crippen LogP contribution in [0.15, 0.2) is 59.6 Å². The SMILES string of the molecule is O=C(O)c1sc(-c2ccccc2)cc1N1C(=O)CN(S(=O)(=O)c2ccc(N3CCCC3)nc2)C[C@H]1C1CCCCC1. The molecule has 41 heavy (non-hydrogen) atoms. The van der Waals surface area contributed by atoms with Gasteiger partial charge in [0.2, 0.25) is 15.9 Å². The van der Waals surface area contributed by atoms with E-state index in [1.165, 1.54) is 10.5 Å². The molecule has 3 aromatic rings. The van der Waals surface area contributed by atoms with Gasteiger partial charge >= 0.3 is 5.97 Å². The number of carboxylic acids is 1. The van der Waals surface area contributed by atoms with Gasteiger partial charge in [0.25, 0.3) is 0 Å². The minimum Gasteiger partial charge on any atom is -0.477 e. The Hall–Kier alpha value is -3.28. The zero-order valence-electron chi connectivity index (χ0n) is 22.8. The van der Waals surface area contributed by atoms with Crippen LogP contribution in [0.1, 0.15) is 54.6 Å². The van der Waals surface area contributed by atoms with E-state index in [9.17, 15) is 23.1 Å². The average molecular weight is 595 g/mol. The molecule has 0 radical (unpaired) electrons. The third kappa shape index (κ3) is 5.50. The summed E-state index contributed by atoms with van der Waals surface area (Å²) in [5, 5.41) is 10.1. The number of anilines is 2. The van der Waals surface area contributed by atoms with E-state index in [-0.39, 0.29) is 28.8 Å². The number of benzene rings is 1. The van der Waals surface area contributed by atoms with Gasteiger partial charge in [-0.3, -0.25) is 4.79 Å². The van der Waals surface area contributed by atoms with Crippen molar-refractivity contribution in [1.82, 2.24) is 9.29 Å². The number of aromatic nitrogens is 1. The fourth-order valence-corrected chi connectivity index (χ4v) is 8.75. The second-order valence-electron chi connectivity index (χ2n) is 11.1. The normalized spacial score (nSPS) is 21.0. The van der Waals surface area contributed by atoms with Crippen LogP contribution in [0.3, 0.4) is 0 Å². The molecular formula is C30H34N4O5S2. The maximum atomic E-state index is 13.9. The molecule has 1 aliphatic carbocycles. The van der Waals surface area contributed by atoms with Crippen LogP contribution >= 0.6 is 11.3 Å². The van der Waals surface area contributed by atoms with Crippen molar-refractivity contribution in [3.8, 4) is 10.4 Å². The van der Waals surface area contributed by atoms with Gasteiger partial charge in [0.05, 0.1) is 18.3 Å². The maximum Gasteiger partial charge on any atom is 0.348 e. The number of nitrogens with zero attached hydrogens (tertiary/aromatic N) is 4. The molecule has 9 nitrogen and oxygen atoms in total. The molecule has 2 saturated heterocycles. The van der Waals surface area contributed by atoms with Crippen molar-refractivity contribution < 1.29 is 23.1 Å². The maximum absolute atomic E-state index is 13.9. The molecule has 3 aliphatic rings. The predicted molar refractivity (Wildman–Crippen MR) is 159 cm³/mol. The number of rotatable bonds is 7. The molecule has 0 bridgehead atoms. The van der Waals surface area contributed by atoms with Crippen LogP contribution in [0.4, 0.5) is 11.5 Å². The van der Waals surface area contributed by atoms with Gasteiger partial charge in [-0.25, -0.2) is 18.2 Å². The molecule has 1 N–H and O–H groups in total. The summed E-state index contributed by atoms with van der Waals surface area (Å²) in [6, 6.07) is 14.1. The van der Waals surface area contributed by atoms with Crippen LogP contribution in [0.2, 0.25) is 0 Å². The van der Waals surface area contributed by atoms with Gasteiger partial charge in [0.1, 0.15) is 15.6 Å². The molecule has 0 spiro atoms. The van der Waals surface area contributed by atoms with Crippen molar-refractivity contribution in [2.24, 2.45) is 5.92 Å². The first-order valence-electron chi connectivity index (χ1n) is 14.3. The zero-order valence-corrected chi connectivity index (χ0v) is 24.4. The van der Waals surface area contributed by atoms with Crippen molar-refractivity contribution >= 4 is 44.7 Å². The lowest BCUT2D eigenvalue weighted by atomic mass is 9.82. The lowest BCUT2D eigenvalue weighted by Gasteiger charge is -2.44. The molecule has 2 aromatic heterocycles. The van der Waals surface area contributed by atoms with E-state index in [0.717, 1.165) is 85.6 Å². The largest absolute Gasteiger partial charge is 0.477 e. The smallest absolute Gasteiger partial charge is 0.348 e. The lowest BCUT2D eigenvalue weighted by molar-refractivity contribution is -0.121. The number of sulfonamides is 1. The second-order valence-corrected chi connectivity index (χ2v) is 14.1. The second kappa shape index (κ2) is 11.5. The van der Waals surface area contributed by atoms with Gasteiger partial charge in [-0.2, -0.15) is 4.31 Å². The summed E-state index contributed by atoms with van der Waals surface area (Å²) in [4.78, 5) is 35.4. The molecule has 2 aliphatic heterocycles. The molecule has 1 amide bonds. The summed E-state index contributed by atoms with van der Waals surface area (Å²) in [7, 11) is -3.99. The van der Waals surface area contributed by atoms with E-state index in [0.29, 0.717) is 5.69 Å². The number of carboxylic acid groups (broad SMARTS) is 1. The van der Waals surface area contributed by atoms with Crippen LogP contribution in [-0.4, -0.2) is 66.9 Å². The van der Waals surface area contributed by atoms with Gasteiger partial charge < -0.3 is 14.9 Å². The van der Waals surface area contributed by atoms with Gasteiger partial charge in [0.15, 0.2) is 0 Å². The topological polar surface area (TPSA) is 111 Å². The Morgan fingerprint density at radius 1 is 0.976 bits per heavy atom. The van der Waals surface area contributed by atoms with Crippen LogP contribution < -0.4 is 9.80 Å². The highest BCUT2D eigenvalue weighted by atomic mass is 32.2. The standard InChI is InChI=1S/C30H34N4O5S2/c35-28-20-33(41(38,39)23-13-14-27(31-18-23)32-15-7-8-16-32)19-25(21-9-3-1-4-10-21)34(28)24-17-26(40-29(24)30(36)37)22-11-5-2-6-12-22/h2,5-6,11-14,17-18,21,25H,1,3-4,7-10,15-16,19-20H2,(H,36,37)/t25-/m0/s1. The molecule has 1 aromatic carbocycles. The summed E-state index contributed by atoms with van der Waals surface area (Å²) < 4.78 is 28.9. The fraction of sp³-hybridized carbons (Fsp3) is 0.433. The minimum atomic E-state index is -3.99. The van der Waals surface area contributed by atoms with E-state index in [1.54, 1.807) is 23.1 Å². The Balaban J connectivity index is 1.34. The molecule has 216 valence electrons. The van der Waals surface area contributed by atoms with Crippen LogP contribution in [0.25, 0.3) is 10.4 Å². The molecule has 1 atom stereocenters. The molecule has 11 heteroatoms. The Bertz CT molecular complexity index is 1510. The van der Waals surface area contributed by atoms with Crippen molar-refractivity contribution in [3.63, 3.8) is 0 Å². The van der Waals surface area contributed by atoms with Gasteiger partial charge in [0, 0.05) is 30.7 Å². The van der Waals surface area contributed by atoms with Crippen LogP contribution in [-0.2, 0) is 14.8 Å². The third-order valence-corrected chi connectivity index (χ3v) is 11.5. The van der Waals surface area contributed by atoms with Crippen molar-refractivity contribution in [2.75, 3.05) is 36.0 Å². The van der Waals surface area contributed by atoms with Crippen molar-refractivity contribution in [1.29, 1.82) is 0 Å². The molecule has 0 unspecified atom stereocenters. The molecular weight excluding hydrogens is 560 g/mol. The minimum absolute atomic E-state index is 0.0669. The number of hydrogen-bond donors (Lipinski definition) is 1. The number of hydrogen-bond acceptors (Lipinski definition) is 7. The first kappa shape index (κ1) is 27.9. The predicted octanol–water partition coefficient (Wildman–Crippen LogP) is 5.09. The molecule has 6 rings (SSSR count). The van der Waals surface area contributed by atoms with E-state index < -0.39 is 27.9 Å². The zero-order chi connectivity index (χ0) is 28.6. The van der Waals surface area contributed by atoms with Gasteiger partial charge in [-0.1, -0.05) is 49.6 Å². The van der Waals surface area contributed by atoms with Gasteiger partial charge in [-0.15, -0.1) is 11.3 Å². The summed E-state index contributed by atoms with van der Waals surface area (Å²) in [5.41, 5.74) is 1.23. The fourth-order valence-electron chi connectivity index (χ4n) is 6.41. The Kier molecular flexibility index (Phi) is 7.84. The number of piperazine rings is 1. The number of amides is 1. The number of carbonyl (C=O) groups is 2.